The largest absolute Gasteiger partial charge is 0.309 e. The average molecular weight is 445 g/mol. The van der Waals surface area contributed by atoms with Gasteiger partial charge in [0.15, 0.2) is 5.16 Å². The van der Waals surface area contributed by atoms with Crippen LogP contribution in [0.1, 0.15) is 5.82 Å². The Balaban J connectivity index is 1.52. The summed E-state index contributed by atoms with van der Waals surface area (Å²) in [7, 11) is 0. The Bertz CT molecular complexity index is 1410. The standard InChI is InChI=1S/C24H17ClN4OS/c25-17-11-12-19-20(13-17)27-22(28-23(19)30)15-31-24-26-14-21(16-7-3-1-4-8-16)29(24)18-9-5-2-6-10-18/h1-14H,15H2,(H,27,28,30). The molecule has 31 heavy (non-hydrogen) atoms. The van der Waals surface area contributed by atoms with Crippen molar-refractivity contribution in [1.29, 1.82) is 0 Å². The highest BCUT2D eigenvalue weighted by molar-refractivity contribution is 7.98. The number of halogens is 1. The van der Waals surface area contributed by atoms with Crippen molar-refractivity contribution >= 4 is 34.3 Å². The summed E-state index contributed by atoms with van der Waals surface area (Å²) in [4.78, 5) is 24.6. The Morgan fingerprint density at radius 1 is 0.968 bits per heavy atom. The van der Waals surface area contributed by atoms with E-state index in [1.165, 1.54) is 11.8 Å². The van der Waals surface area contributed by atoms with Crippen molar-refractivity contribution in [2.24, 2.45) is 0 Å². The molecule has 0 unspecified atom stereocenters. The maximum atomic E-state index is 12.4. The number of imidazole rings is 1. The molecule has 2 heterocycles. The molecule has 5 rings (SSSR count). The molecule has 1 N–H and O–H groups in total. The summed E-state index contributed by atoms with van der Waals surface area (Å²) in [6.07, 6.45) is 1.88. The Kier molecular flexibility index (Phi) is 5.32. The third-order valence-electron chi connectivity index (χ3n) is 4.87. The molecule has 0 saturated carbocycles. The second-order valence-corrected chi connectivity index (χ2v) is 8.30. The van der Waals surface area contributed by atoms with E-state index >= 15 is 0 Å². The SMILES string of the molecule is O=c1[nH]c(CSc2ncc(-c3ccccc3)n2-c2ccccc2)nc2cc(Cl)ccc12. The van der Waals surface area contributed by atoms with E-state index in [1.807, 2.05) is 42.6 Å². The number of nitrogens with one attached hydrogen (secondary N) is 1. The minimum atomic E-state index is -0.173. The maximum absolute atomic E-state index is 12.4. The van der Waals surface area contributed by atoms with E-state index in [-0.39, 0.29) is 5.56 Å². The van der Waals surface area contributed by atoms with Crippen LogP contribution in [0.15, 0.2) is 95.0 Å². The van der Waals surface area contributed by atoms with Gasteiger partial charge in [-0.15, -0.1) is 0 Å². The fourth-order valence-electron chi connectivity index (χ4n) is 3.44. The van der Waals surface area contributed by atoms with Gasteiger partial charge >= 0.3 is 0 Å². The number of para-hydroxylation sites is 1. The molecule has 3 aromatic carbocycles. The number of fused-ring (bicyclic) bond motifs is 1. The van der Waals surface area contributed by atoms with E-state index in [2.05, 4.69) is 43.8 Å². The average Bonchev–Trinajstić information content (AvgIpc) is 3.22. The van der Waals surface area contributed by atoms with Gasteiger partial charge in [-0.1, -0.05) is 71.9 Å². The fraction of sp³-hybridized carbons (Fsp3) is 0.0417. The smallest absolute Gasteiger partial charge is 0.258 e. The van der Waals surface area contributed by atoms with Crippen LogP contribution in [-0.2, 0) is 5.75 Å². The number of hydrogen-bond acceptors (Lipinski definition) is 4. The summed E-state index contributed by atoms with van der Waals surface area (Å²) in [5.41, 5.74) is 3.52. The lowest BCUT2D eigenvalue weighted by atomic mass is 10.1. The number of aromatic amines is 1. The van der Waals surface area contributed by atoms with Gasteiger partial charge in [0, 0.05) is 16.3 Å². The van der Waals surface area contributed by atoms with Crippen LogP contribution in [0.25, 0.3) is 27.8 Å². The molecule has 0 spiro atoms. The lowest BCUT2D eigenvalue weighted by molar-refractivity contribution is 0.897. The van der Waals surface area contributed by atoms with Crippen molar-refractivity contribution in [2.45, 2.75) is 10.9 Å². The molecule has 0 aliphatic carbocycles. The van der Waals surface area contributed by atoms with Crippen molar-refractivity contribution in [2.75, 3.05) is 0 Å². The second kappa shape index (κ2) is 8.41. The van der Waals surface area contributed by atoms with Gasteiger partial charge in [0.1, 0.15) is 5.82 Å². The number of H-pyrrole nitrogens is 1. The van der Waals surface area contributed by atoms with Gasteiger partial charge in [0.05, 0.1) is 28.5 Å². The van der Waals surface area contributed by atoms with E-state index in [1.54, 1.807) is 18.2 Å². The highest BCUT2D eigenvalue weighted by atomic mass is 35.5. The van der Waals surface area contributed by atoms with Gasteiger partial charge in [-0.2, -0.15) is 0 Å². The van der Waals surface area contributed by atoms with Gasteiger partial charge in [0.2, 0.25) is 0 Å². The lowest BCUT2D eigenvalue weighted by Gasteiger charge is -2.12. The zero-order valence-electron chi connectivity index (χ0n) is 16.3. The summed E-state index contributed by atoms with van der Waals surface area (Å²) >= 11 is 7.59. The molecule has 7 heteroatoms. The van der Waals surface area contributed by atoms with Gasteiger partial charge < -0.3 is 4.98 Å². The number of hydrogen-bond donors (Lipinski definition) is 1. The second-order valence-electron chi connectivity index (χ2n) is 6.93. The van der Waals surface area contributed by atoms with E-state index in [0.29, 0.717) is 27.5 Å². The highest BCUT2D eigenvalue weighted by Gasteiger charge is 2.15. The molecule has 5 nitrogen and oxygen atoms in total. The third-order valence-corrected chi connectivity index (χ3v) is 6.07. The summed E-state index contributed by atoms with van der Waals surface area (Å²) in [6, 6.07) is 25.3. The van der Waals surface area contributed by atoms with Crippen LogP contribution in [-0.4, -0.2) is 19.5 Å². The van der Waals surface area contributed by atoms with Crippen molar-refractivity contribution in [1.82, 2.24) is 19.5 Å². The molecule has 2 aromatic heterocycles. The van der Waals surface area contributed by atoms with Crippen LogP contribution in [0.3, 0.4) is 0 Å². The minimum absolute atomic E-state index is 0.173. The molecule has 0 atom stereocenters. The number of aromatic nitrogens is 4. The maximum Gasteiger partial charge on any atom is 0.258 e. The molecule has 0 aliphatic heterocycles. The zero-order chi connectivity index (χ0) is 21.2. The third kappa shape index (κ3) is 4.00. The Morgan fingerprint density at radius 2 is 1.71 bits per heavy atom. The molecular weight excluding hydrogens is 428 g/mol. The molecule has 152 valence electrons. The van der Waals surface area contributed by atoms with Crippen LogP contribution in [0.5, 0.6) is 0 Å². The topological polar surface area (TPSA) is 63.6 Å². The van der Waals surface area contributed by atoms with Crippen molar-refractivity contribution in [3.8, 4) is 16.9 Å². The van der Waals surface area contributed by atoms with E-state index in [9.17, 15) is 4.79 Å². The first-order chi connectivity index (χ1) is 15.2. The fourth-order valence-corrected chi connectivity index (χ4v) is 4.47. The lowest BCUT2D eigenvalue weighted by Crippen LogP contribution is -2.11. The van der Waals surface area contributed by atoms with Crippen molar-refractivity contribution in [3.05, 3.63) is 106 Å². The molecule has 0 saturated heterocycles. The Labute approximate surface area is 187 Å². The predicted octanol–water partition coefficient (Wildman–Crippen LogP) is 5.72. The summed E-state index contributed by atoms with van der Waals surface area (Å²) in [5, 5.41) is 1.89. The van der Waals surface area contributed by atoms with Gasteiger partial charge in [0.25, 0.3) is 5.56 Å². The number of benzene rings is 3. The summed E-state index contributed by atoms with van der Waals surface area (Å²) in [5.74, 6) is 1.05. The van der Waals surface area contributed by atoms with Crippen LogP contribution in [0, 0.1) is 0 Å². The molecule has 0 aliphatic rings. The van der Waals surface area contributed by atoms with Gasteiger partial charge in [-0.25, -0.2) is 9.97 Å². The monoisotopic (exact) mass is 444 g/mol. The molecule has 5 aromatic rings. The Morgan fingerprint density at radius 3 is 2.48 bits per heavy atom. The first-order valence-corrected chi connectivity index (χ1v) is 11.1. The van der Waals surface area contributed by atoms with Crippen molar-refractivity contribution < 1.29 is 0 Å². The van der Waals surface area contributed by atoms with Gasteiger partial charge in [-0.05, 0) is 30.3 Å². The predicted molar refractivity (Wildman–Crippen MR) is 126 cm³/mol. The highest BCUT2D eigenvalue weighted by Crippen LogP contribution is 2.31. The van der Waals surface area contributed by atoms with Gasteiger partial charge in [-0.3, -0.25) is 9.36 Å². The van der Waals surface area contributed by atoms with Crippen LogP contribution < -0.4 is 5.56 Å². The van der Waals surface area contributed by atoms with Crippen LogP contribution in [0.4, 0.5) is 0 Å². The number of nitrogens with zero attached hydrogens (tertiary/aromatic N) is 3. The summed E-state index contributed by atoms with van der Waals surface area (Å²) < 4.78 is 2.12. The Hall–Kier alpha value is -3.35. The zero-order valence-corrected chi connectivity index (χ0v) is 17.9. The molecule has 0 bridgehead atoms. The number of thioether (sulfide) groups is 1. The first-order valence-electron chi connectivity index (χ1n) is 9.69. The van der Waals surface area contributed by atoms with E-state index in [0.717, 1.165) is 22.1 Å². The quantitative estimate of drug-likeness (QED) is 0.352. The first kappa shape index (κ1) is 19.6. The van der Waals surface area contributed by atoms with Crippen LogP contribution >= 0.6 is 23.4 Å². The molecular formula is C24H17ClN4OS. The molecule has 0 amide bonds. The van der Waals surface area contributed by atoms with Crippen LogP contribution in [0.2, 0.25) is 5.02 Å². The van der Waals surface area contributed by atoms with Crippen molar-refractivity contribution in [3.63, 3.8) is 0 Å². The molecule has 0 fully saturated rings. The minimum Gasteiger partial charge on any atom is -0.309 e. The normalized spacial score (nSPS) is 11.1. The number of rotatable bonds is 5. The summed E-state index contributed by atoms with van der Waals surface area (Å²) in [6.45, 7) is 0. The van der Waals surface area contributed by atoms with E-state index in [4.69, 9.17) is 11.6 Å². The van der Waals surface area contributed by atoms with E-state index < -0.39 is 0 Å². The molecule has 0 radical (unpaired) electrons.